The van der Waals surface area contributed by atoms with Crippen LogP contribution in [-0.4, -0.2) is 10.4 Å². The number of hydrogen-bond donors (Lipinski definition) is 0. The summed E-state index contributed by atoms with van der Waals surface area (Å²) < 4.78 is 14.0. The van der Waals surface area contributed by atoms with E-state index in [2.05, 4.69) is 0 Å². The second-order valence-electron chi connectivity index (χ2n) is 3.60. The highest BCUT2D eigenvalue weighted by Gasteiger charge is 2.07. The molecule has 0 radical (unpaired) electrons. The molecule has 0 saturated carbocycles. The smallest absolute Gasteiger partial charge is 0.250 e. The summed E-state index contributed by atoms with van der Waals surface area (Å²) in [6.07, 6.45) is 1.55. The van der Waals surface area contributed by atoms with Crippen LogP contribution in [-0.2, 0) is 6.54 Å². The van der Waals surface area contributed by atoms with Crippen LogP contribution in [0.25, 0.3) is 0 Å². The number of halogens is 1. The molecule has 0 aliphatic rings. The van der Waals surface area contributed by atoms with Crippen LogP contribution < -0.4 is 5.56 Å². The third-order valence-corrected chi connectivity index (χ3v) is 2.38. The standard InChI is InChI=1S/C13H10FNO2/c14-11-6-4-10(5-7-11)12(16)9-15-8-2-1-3-13(15)17/h1-8H,9H2. The fraction of sp³-hybridized carbons (Fsp3) is 0.0769. The summed E-state index contributed by atoms with van der Waals surface area (Å²) in [5.41, 5.74) is 0.158. The van der Waals surface area contributed by atoms with Gasteiger partial charge in [-0.2, -0.15) is 0 Å². The Morgan fingerprint density at radius 2 is 1.82 bits per heavy atom. The zero-order chi connectivity index (χ0) is 12.3. The van der Waals surface area contributed by atoms with Gasteiger partial charge in [-0.1, -0.05) is 6.07 Å². The van der Waals surface area contributed by atoms with E-state index in [-0.39, 0.29) is 17.9 Å². The molecular weight excluding hydrogens is 221 g/mol. The molecule has 0 aliphatic heterocycles. The van der Waals surface area contributed by atoms with E-state index >= 15 is 0 Å². The first-order chi connectivity index (χ1) is 8.16. The van der Waals surface area contributed by atoms with Crippen molar-refractivity contribution in [2.24, 2.45) is 0 Å². The minimum Gasteiger partial charge on any atom is -0.308 e. The minimum absolute atomic E-state index is 0.0364. The average molecular weight is 231 g/mol. The van der Waals surface area contributed by atoms with Gasteiger partial charge in [-0.25, -0.2) is 4.39 Å². The molecule has 0 unspecified atom stereocenters. The number of pyridine rings is 1. The number of carbonyl (C=O) groups is 1. The van der Waals surface area contributed by atoms with Gasteiger partial charge in [0.2, 0.25) is 0 Å². The molecule has 4 heteroatoms. The molecule has 1 aromatic carbocycles. The molecule has 86 valence electrons. The van der Waals surface area contributed by atoms with Gasteiger partial charge < -0.3 is 4.57 Å². The Balaban J connectivity index is 2.20. The lowest BCUT2D eigenvalue weighted by atomic mass is 10.1. The van der Waals surface area contributed by atoms with Gasteiger partial charge in [0.1, 0.15) is 5.82 Å². The Labute approximate surface area is 97.1 Å². The van der Waals surface area contributed by atoms with Crippen molar-refractivity contribution in [3.8, 4) is 0 Å². The summed E-state index contributed by atoms with van der Waals surface area (Å²) in [5, 5.41) is 0. The predicted molar refractivity (Wildman–Crippen MR) is 61.4 cm³/mol. The van der Waals surface area contributed by atoms with E-state index in [0.717, 1.165) is 0 Å². The Morgan fingerprint density at radius 1 is 1.12 bits per heavy atom. The third kappa shape index (κ3) is 2.66. The first-order valence-corrected chi connectivity index (χ1v) is 5.11. The average Bonchev–Trinajstić information content (AvgIpc) is 2.33. The SMILES string of the molecule is O=C(Cn1ccccc1=O)c1ccc(F)cc1. The zero-order valence-corrected chi connectivity index (χ0v) is 8.97. The lowest BCUT2D eigenvalue weighted by Crippen LogP contribution is -2.22. The highest BCUT2D eigenvalue weighted by atomic mass is 19.1. The lowest BCUT2D eigenvalue weighted by Gasteiger charge is -2.04. The van der Waals surface area contributed by atoms with E-state index in [0.29, 0.717) is 5.56 Å². The van der Waals surface area contributed by atoms with E-state index in [1.165, 1.54) is 34.9 Å². The van der Waals surface area contributed by atoms with E-state index in [4.69, 9.17) is 0 Å². The van der Waals surface area contributed by atoms with Crippen LogP contribution in [0.1, 0.15) is 10.4 Å². The van der Waals surface area contributed by atoms with Crippen molar-refractivity contribution < 1.29 is 9.18 Å². The van der Waals surface area contributed by atoms with Gasteiger partial charge in [0.15, 0.2) is 5.78 Å². The van der Waals surface area contributed by atoms with Gasteiger partial charge in [0.05, 0.1) is 6.54 Å². The number of rotatable bonds is 3. The maximum atomic E-state index is 12.7. The van der Waals surface area contributed by atoms with E-state index in [1.807, 2.05) is 0 Å². The molecule has 1 heterocycles. The molecule has 0 bridgehead atoms. The summed E-state index contributed by atoms with van der Waals surface area (Å²) >= 11 is 0. The number of benzene rings is 1. The largest absolute Gasteiger partial charge is 0.308 e. The Morgan fingerprint density at radius 3 is 2.47 bits per heavy atom. The molecule has 0 fully saturated rings. The van der Waals surface area contributed by atoms with Crippen LogP contribution in [0.2, 0.25) is 0 Å². The Kier molecular flexibility index (Phi) is 3.14. The van der Waals surface area contributed by atoms with Crippen molar-refractivity contribution >= 4 is 5.78 Å². The maximum absolute atomic E-state index is 12.7. The van der Waals surface area contributed by atoms with Crippen LogP contribution in [0, 0.1) is 5.82 Å². The number of carbonyl (C=O) groups excluding carboxylic acids is 1. The third-order valence-electron chi connectivity index (χ3n) is 2.38. The second kappa shape index (κ2) is 4.74. The van der Waals surface area contributed by atoms with Crippen LogP contribution >= 0.6 is 0 Å². The van der Waals surface area contributed by atoms with E-state index in [9.17, 15) is 14.0 Å². The molecule has 0 aliphatic carbocycles. The van der Waals surface area contributed by atoms with Crippen molar-refractivity contribution in [1.82, 2.24) is 4.57 Å². The van der Waals surface area contributed by atoms with Gasteiger partial charge in [0.25, 0.3) is 5.56 Å². The van der Waals surface area contributed by atoms with Gasteiger partial charge in [-0.05, 0) is 30.3 Å². The molecule has 0 spiro atoms. The summed E-state index contributed by atoms with van der Waals surface area (Å²) in [5.74, 6) is -0.614. The summed E-state index contributed by atoms with van der Waals surface area (Å²) in [4.78, 5) is 23.2. The fourth-order valence-corrected chi connectivity index (χ4v) is 1.47. The van der Waals surface area contributed by atoms with Crippen molar-refractivity contribution in [2.45, 2.75) is 6.54 Å². The Hall–Kier alpha value is -2.23. The van der Waals surface area contributed by atoms with Gasteiger partial charge in [0, 0.05) is 17.8 Å². The van der Waals surface area contributed by atoms with Crippen molar-refractivity contribution in [1.29, 1.82) is 0 Å². The topological polar surface area (TPSA) is 39.1 Å². The molecule has 1 aromatic heterocycles. The molecular formula is C13H10FNO2. The highest BCUT2D eigenvalue weighted by Crippen LogP contribution is 2.04. The number of aromatic nitrogens is 1. The summed E-state index contributed by atoms with van der Waals surface area (Å²) in [6, 6.07) is 9.94. The number of ketones is 1. The normalized spacial score (nSPS) is 10.2. The molecule has 3 nitrogen and oxygen atoms in total. The Bertz CT molecular complexity index is 587. The number of hydrogen-bond acceptors (Lipinski definition) is 2. The highest BCUT2D eigenvalue weighted by molar-refractivity contribution is 5.95. The van der Waals surface area contributed by atoms with E-state index in [1.54, 1.807) is 18.3 Å². The van der Waals surface area contributed by atoms with Gasteiger partial charge in [-0.3, -0.25) is 9.59 Å². The molecule has 2 rings (SSSR count). The molecule has 2 aromatic rings. The first kappa shape index (κ1) is 11.3. The molecule has 17 heavy (non-hydrogen) atoms. The molecule has 0 atom stereocenters. The number of nitrogens with zero attached hydrogens (tertiary/aromatic N) is 1. The van der Waals surface area contributed by atoms with Crippen LogP contribution in [0.15, 0.2) is 53.5 Å². The lowest BCUT2D eigenvalue weighted by molar-refractivity contribution is 0.0971. The molecule has 0 saturated heterocycles. The second-order valence-corrected chi connectivity index (χ2v) is 3.60. The molecule has 0 N–H and O–H groups in total. The summed E-state index contributed by atoms with van der Waals surface area (Å²) in [6.45, 7) is -0.0364. The quantitative estimate of drug-likeness (QED) is 0.756. The zero-order valence-electron chi connectivity index (χ0n) is 8.97. The first-order valence-electron chi connectivity index (χ1n) is 5.11. The van der Waals surface area contributed by atoms with Gasteiger partial charge >= 0.3 is 0 Å². The summed E-state index contributed by atoms with van der Waals surface area (Å²) in [7, 11) is 0. The number of Topliss-reactive ketones (excluding diaryl/α,β-unsaturated/α-hetero) is 1. The van der Waals surface area contributed by atoms with Crippen molar-refractivity contribution in [2.75, 3.05) is 0 Å². The van der Waals surface area contributed by atoms with Crippen molar-refractivity contribution in [3.63, 3.8) is 0 Å². The maximum Gasteiger partial charge on any atom is 0.250 e. The van der Waals surface area contributed by atoms with Gasteiger partial charge in [-0.15, -0.1) is 0 Å². The van der Waals surface area contributed by atoms with Crippen molar-refractivity contribution in [3.05, 3.63) is 70.4 Å². The predicted octanol–water partition coefficient (Wildman–Crippen LogP) is 1.87. The van der Waals surface area contributed by atoms with Crippen LogP contribution in [0.4, 0.5) is 4.39 Å². The van der Waals surface area contributed by atoms with Crippen LogP contribution in [0.3, 0.4) is 0 Å². The monoisotopic (exact) mass is 231 g/mol. The fourth-order valence-electron chi connectivity index (χ4n) is 1.47. The molecule has 0 amide bonds. The minimum atomic E-state index is -0.390. The van der Waals surface area contributed by atoms with Crippen LogP contribution in [0.5, 0.6) is 0 Å². The van der Waals surface area contributed by atoms with E-state index < -0.39 is 5.82 Å².